The molecule has 18 heavy (non-hydrogen) atoms. The molecule has 1 saturated heterocycles. The smallest absolute Gasteiger partial charge is 0.158 e. The van der Waals surface area contributed by atoms with Crippen molar-refractivity contribution in [3.05, 3.63) is 34.4 Å². The van der Waals surface area contributed by atoms with Gasteiger partial charge in [-0.05, 0) is 49.8 Å². The Bertz CT molecular complexity index is 420. The maximum absolute atomic E-state index is 10.9. The monoisotopic (exact) mass is 248 g/mol. The average Bonchev–Trinajstić information content (AvgIpc) is 2.40. The Labute approximate surface area is 108 Å². The predicted octanol–water partition coefficient (Wildman–Crippen LogP) is 3.16. The van der Waals surface area contributed by atoms with Gasteiger partial charge in [-0.1, -0.05) is 12.1 Å². The first-order valence-electron chi connectivity index (χ1n) is 6.50. The van der Waals surface area contributed by atoms with Gasteiger partial charge in [-0.2, -0.15) is 0 Å². The Morgan fingerprint density at radius 3 is 2.89 bits per heavy atom. The van der Waals surface area contributed by atoms with E-state index < -0.39 is 0 Å². The van der Waals surface area contributed by atoms with Gasteiger partial charge >= 0.3 is 0 Å². The van der Waals surface area contributed by atoms with E-state index in [1.165, 1.54) is 0 Å². The highest BCUT2D eigenvalue weighted by molar-refractivity contribution is 5.78. The first-order chi connectivity index (χ1) is 8.72. The number of hydrogen-bond donors (Lipinski definition) is 0. The van der Waals surface area contributed by atoms with Crippen molar-refractivity contribution in [1.29, 1.82) is 0 Å². The van der Waals surface area contributed by atoms with Gasteiger partial charge in [0.25, 0.3) is 0 Å². The minimum absolute atomic E-state index is 0.0857. The molecule has 0 spiro atoms. The highest BCUT2D eigenvalue weighted by Crippen LogP contribution is 2.21. The molecule has 3 nitrogen and oxygen atoms in total. The lowest BCUT2D eigenvalue weighted by molar-refractivity contribution is -0.169. The Morgan fingerprint density at radius 2 is 2.22 bits per heavy atom. The van der Waals surface area contributed by atoms with Gasteiger partial charge in [0.2, 0.25) is 0 Å². The standard InChI is InChI=1S/C15H20O3/c1-11-6-7-13(9-16)12(2)14(11)10-18-15-5-3-4-8-17-15/h6-7,9,15H,3-5,8,10H2,1-2H3. The molecule has 0 saturated carbocycles. The second kappa shape index (κ2) is 6.12. The van der Waals surface area contributed by atoms with Crippen LogP contribution in [0, 0.1) is 13.8 Å². The molecule has 1 aliphatic heterocycles. The number of carbonyl (C=O) groups excluding carboxylic acids is 1. The van der Waals surface area contributed by atoms with Gasteiger partial charge in [0, 0.05) is 12.2 Å². The van der Waals surface area contributed by atoms with Gasteiger partial charge in [-0.25, -0.2) is 0 Å². The molecule has 0 N–H and O–H groups in total. The van der Waals surface area contributed by atoms with E-state index in [-0.39, 0.29) is 6.29 Å². The van der Waals surface area contributed by atoms with Crippen LogP contribution in [0.3, 0.4) is 0 Å². The molecule has 1 fully saturated rings. The lowest BCUT2D eigenvalue weighted by atomic mass is 9.99. The van der Waals surface area contributed by atoms with Crippen LogP contribution in [-0.2, 0) is 16.1 Å². The Kier molecular flexibility index (Phi) is 4.50. The number of carbonyl (C=O) groups is 1. The van der Waals surface area contributed by atoms with E-state index in [1.807, 2.05) is 26.0 Å². The maximum Gasteiger partial charge on any atom is 0.158 e. The van der Waals surface area contributed by atoms with Crippen LogP contribution >= 0.6 is 0 Å². The third-order valence-corrected chi connectivity index (χ3v) is 3.55. The number of aryl methyl sites for hydroxylation is 1. The second-order valence-corrected chi connectivity index (χ2v) is 4.80. The van der Waals surface area contributed by atoms with Crippen LogP contribution in [0.15, 0.2) is 12.1 Å². The number of benzene rings is 1. The fourth-order valence-corrected chi connectivity index (χ4v) is 2.28. The number of ether oxygens (including phenoxy) is 2. The molecule has 0 aromatic heterocycles. The van der Waals surface area contributed by atoms with Gasteiger partial charge in [0.15, 0.2) is 6.29 Å². The quantitative estimate of drug-likeness (QED) is 0.768. The van der Waals surface area contributed by atoms with Crippen molar-refractivity contribution in [3.8, 4) is 0 Å². The van der Waals surface area contributed by atoms with Crippen LogP contribution in [0.2, 0.25) is 0 Å². The SMILES string of the molecule is Cc1ccc(C=O)c(C)c1COC1CCCCO1. The summed E-state index contributed by atoms with van der Waals surface area (Å²) in [5.41, 5.74) is 4.02. The molecule has 1 aliphatic rings. The van der Waals surface area contributed by atoms with E-state index >= 15 is 0 Å². The van der Waals surface area contributed by atoms with Crippen LogP contribution in [0.1, 0.15) is 46.3 Å². The number of rotatable bonds is 4. The molecule has 1 unspecified atom stereocenters. The van der Waals surface area contributed by atoms with Crippen molar-refractivity contribution >= 4 is 6.29 Å². The molecule has 98 valence electrons. The number of aldehydes is 1. The summed E-state index contributed by atoms with van der Waals surface area (Å²) in [5.74, 6) is 0. The molecule has 0 radical (unpaired) electrons. The molecule has 1 aromatic rings. The maximum atomic E-state index is 10.9. The Morgan fingerprint density at radius 1 is 1.39 bits per heavy atom. The van der Waals surface area contributed by atoms with Crippen LogP contribution in [-0.4, -0.2) is 19.2 Å². The van der Waals surface area contributed by atoms with Gasteiger partial charge in [-0.15, -0.1) is 0 Å². The zero-order valence-electron chi connectivity index (χ0n) is 11.1. The van der Waals surface area contributed by atoms with Crippen molar-refractivity contribution in [1.82, 2.24) is 0 Å². The summed E-state index contributed by atoms with van der Waals surface area (Å²) in [6, 6.07) is 3.83. The van der Waals surface area contributed by atoms with Crippen LogP contribution in [0.4, 0.5) is 0 Å². The van der Waals surface area contributed by atoms with Gasteiger partial charge in [0.1, 0.15) is 6.29 Å². The van der Waals surface area contributed by atoms with Crippen LogP contribution < -0.4 is 0 Å². The lowest BCUT2D eigenvalue weighted by Crippen LogP contribution is -2.22. The summed E-state index contributed by atoms with van der Waals surface area (Å²) in [7, 11) is 0. The Balaban J connectivity index is 2.05. The van der Waals surface area contributed by atoms with Gasteiger partial charge in [0.05, 0.1) is 6.61 Å². The van der Waals surface area contributed by atoms with Crippen molar-refractivity contribution in [2.75, 3.05) is 6.61 Å². The first-order valence-corrected chi connectivity index (χ1v) is 6.50. The van der Waals surface area contributed by atoms with Crippen molar-refractivity contribution in [2.45, 2.75) is 46.0 Å². The van der Waals surface area contributed by atoms with Gasteiger partial charge in [-0.3, -0.25) is 4.79 Å². The molecule has 0 bridgehead atoms. The molecule has 1 atom stereocenters. The summed E-state index contributed by atoms with van der Waals surface area (Å²) in [6.45, 7) is 5.32. The molecule has 2 rings (SSSR count). The Hall–Kier alpha value is -1.19. The van der Waals surface area contributed by atoms with E-state index in [2.05, 4.69) is 0 Å². The van der Waals surface area contributed by atoms with Crippen molar-refractivity contribution in [2.24, 2.45) is 0 Å². The third kappa shape index (κ3) is 2.98. The highest BCUT2D eigenvalue weighted by atomic mass is 16.7. The molecule has 3 heteroatoms. The lowest BCUT2D eigenvalue weighted by Gasteiger charge is -2.23. The summed E-state index contributed by atoms with van der Waals surface area (Å²) in [4.78, 5) is 10.9. The summed E-state index contributed by atoms with van der Waals surface area (Å²) in [5, 5.41) is 0. The van der Waals surface area contributed by atoms with E-state index in [0.29, 0.717) is 6.61 Å². The third-order valence-electron chi connectivity index (χ3n) is 3.55. The predicted molar refractivity (Wildman–Crippen MR) is 69.7 cm³/mol. The molecule has 1 aromatic carbocycles. The minimum atomic E-state index is -0.0857. The molecule has 1 heterocycles. The molecule has 0 aliphatic carbocycles. The summed E-state index contributed by atoms with van der Waals surface area (Å²) in [6.07, 6.45) is 4.06. The fourth-order valence-electron chi connectivity index (χ4n) is 2.28. The first kappa shape index (κ1) is 13.2. The molecular formula is C15H20O3. The van der Waals surface area contributed by atoms with E-state index in [9.17, 15) is 4.79 Å². The number of hydrogen-bond acceptors (Lipinski definition) is 3. The van der Waals surface area contributed by atoms with E-state index in [1.54, 1.807) is 0 Å². The summed E-state index contributed by atoms with van der Waals surface area (Å²) >= 11 is 0. The fraction of sp³-hybridized carbons (Fsp3) is 0.533. The zero-order chi connectivity index (χ0) is 13.0. The topological polar surface area (TPSA) is 35.5 Å². The average molecular weight is 248 g/mol. The van der Waals surface area contributed by atoms with E-state index in [4.69, 9.17) is 9.47 Å². The van der Waals surface area contributed by atoms with Crippen LogP contribution in [0.5, 0.6) is 0 Å². The summed E-state index contributed by atoms with van der Waals surface area (Å²) < 4.78 is 11.3. The normalized spacial score (nSPS) is 19.8. The van der Waals surface area contributed by atoms with Crippen molar-refractivity contribution in [3.63, 3.8) is 0 Å². The van der Waals surface area contributed by atoms with Gasteiger partial charge < -0.3 is 9.47 Å². The van der Waals surface area contributed by atoms with Crippen molar-refractivity contribution < 1.29 is 14.3 Å². The second-order valence-electron chi connectivity index (χ2n) is 4.80. The highest BCUT2D eigenvalue weighted by Gasteiger charge is 2.15. The van der Waals surface area contributed by atoms with E-state index in [0.717, 1.165) is 54.4 Å². The molecular weight excluding hydrogens is 228 g/mol. The molecule has 0 amide bonds. The largest absolute Gasteiger partial charge is 0.353 e. The van der Waals surface area contributed by atoms with Crippen LogP contribution in [0.25, 0.3) is 0 Å². The minimum Gasteiger partial charge on any atom is -0.353 e. The zero-order valence-corrected chi connectivity index (χ0v) is 11.1.